The minimum Gasteiger partial charge on any atom is -0.382 e. The highest BCUT2D eigenvalue weighted by atomic mass is 19.1. The summed E-state index contributed by atoms with van der Waals surface area (Å²) in [7, 11) is 3.79. The van der Waals surface area contributed by atoms with E-state index < -0.39 is 0 Å². The molecule has 0 spiro atoms. The van der Waals surface area contributed by atoms with E-state index in [0.717, 1.165) is 37.0 Å². The number of piperazine rings is 1. The van der Waals surface area contributed by atoms with Gasteiger partial charge in [-0.05, 0) is 32.0 Å². The second-order valence-corrected chi connectivity index (χ2v) is 6.88. The van der Waals surface area contributed by atoms with Crippen molar-refractivity contribution in [1.29, 1.82) is 0 Å². The van der Waals surface area contributed by atoms with E-state index in [4.69, 9.17) is 0 Å². The molecule has 128 valence electrons. The van der Waals surface area contributed by atoms with Crippen LogP contribution in [0.5, 0.6) is 0 Å². The number of nitrogens with zero attached hydrogens (tertiary/aromatic N) is 4. The Morgan fingerprint density at radius 1 is 1.33 bits per heavy atom. The van der Waals surface area contributed by atoms with E-state index in [2.05, 4.69) is 27.1 Å². The van der Waals surface area contributed by atoms with Gasteiger partial charge < -0.3 is 15.1 Å². The summed E-state index contributed by atoms with van der Waals surface area (Å²) in [5.41, 5.74) is 1.44. The number of rotatable bonds is 0. The molecule has 6 nitrogen and oxygen atoms in total. The molecule has 0 unspecified atom stereocenters. The summed E-state index contributed by atoms with van der Waals surface area (Å²) in [6.45, 7) is 5.06. The minimum atomic E-state index is -0.298. The highest BCUT2D eigenvalue weighted by molar-refractivity contribution is 6.01. The first-order chi connectivity index (χ1) is 11.5. The standard InChI is InChI=1S/C17H22FN5O/c1-10-8-12-13-15(14(10)18)19-5-4-11-9-21(2)6-7-23(11)16(13)20-17(24)22(12)3/h8,11,19H,4-7,9H2,1-3H3/t11-/m0/s1. The van der Waals surface area contributed by atoms with E-state index in [9.17, 15) is 9.18 Å². The van der Waals surface area contributed by atoms with Crippen LogP contribution in [-0.4, -0.2) is 53.7 Å². The molecule has 2 aromatic rings. The summed E-state index contributed by atoms with van der Waals surface area (Å²) in [5, 5.41) is 3.97. The lowest BCUT2D eigenvalue weighted by Crippen LogP contribution is -2.53. The van der Waals surface area contributed by atoms with Crippen LogP contribution in [0.2, 0.25) is 0 Å². The van der Waals surface area contributed by atoms with Crippen molar-refractivity contribution < 1.29 is 4.39 Å². The van der Waals surface area contributed by atoms with Crippen molar-refractivity contribution in [2.75, 3.05) is 43.4 Å². The molecule has 2 aliphatic rings. The zero-order valence-electron chi connectivity index (χ0n) is 14.3. The Morgan fingerprint density at radius 2 is 2.12 bits per heavy atom. The average Bonchev–Trinajstić information content (AvgIpc) is 2.53. The summed E-state index contributed by atoms with van der Waals surface area (Å²) in [6.07, 6.45) is 0.884. The molecule has 24 heavy (non-hydrogen) atoms. The first kappa shape index (κ1) is 15.4. The van der Waals surface area contributed by atoms with Crippen LogP contribution in [0, 0.1) is 12.7 Å². The third kappa shape index (κ3) is 2.18. The molecular formula is C17H22FN5O. The number of hydrogen-bond acceptors (Lipinski definition) is 5. The average molecular weight is 331 g/mol. The largest absolute Gasteiger partial charge is 0.382 e. The van der Waals surface area contributed by atoms with Crippen molar-refractivity contribution in [2.45, 2.75) is 19.4 Å². The van der Waals surface area contributed by atoms with Crippen molar-refractivity contribution in [3.63, 3.8) is 0 Å². The van der Waals surface area contributed by atoms with Crippen molar-refractivity contribution in [1.82, 2.24) is 14.5 Å². The Bertz CT molecular complexity index is 878. The number of fused-ring (bicyclic) bond motifs is 2. The SMILES string of the molecule is Cc1cc2c3c(nc(=O)n2C)N2CCN(C)C[C@@H]2CCNc3c1F. The van der Waals surface area contributed by atoms with Crippen LogP contribution in [0.25, 0.3) is 10.9 Å². The highest BCUT2D eigenvalue weighted by Crippen LogP contribution is 2.37. The monoisotopic (exact) mass is 331 g/mol. The zero-order valence-corrected chi connectivity index (χ0v) is 14.3. The van der Waals surface area contributed by atoms with Gasteiger partial charge in [-0.3, -0.25) is 4.57 Å². The number of halogens is 1. The highest BCUT2D eigenvalue weighted by Gasteiger charge is 2.31. The zero-order chi connectivity index (χ0) is 17.0. The van der Waals surface area contributed by atoms with Crippen LogP contribution >= 0.6 is 0 Å². The Balaban J connectivity index is 2.06. The van der Waals surface area contributed by atoms with E-state index in [1.807, 2.05) is 0 Å². The minimum absolute atomic E-state index is 0.253. The predicted molar refractivity (Wildman–Crippen MR) is 93.4 cm³/mol. The summed E-state index contributed by atoms with van der Waals surface area (Å²) in [6, 6.07) is 2.02. The van der Waals surface area contributed by atoms with Crippen molar-refractivity contribution in [3.05, 3.63) is 27.9 Å². The van der Waals surface area contributed by atoms with Gasteiger partial charge >= 0.3 is 5.69 Å². The lowest BCUT2D eigenvalue weighted by atomic mass is 10.0. The Morgan fingerprint density at radius 3 is 2.92 bits per heavy atom. The molecule has 7 heteroatoms. The van der Waals surface area contributed by atoms with Crippen molar-refractivity contribution in [3.8, 4) is 0 Å². The molecule has 2 aliphatic heterocycles. The molecule has 1 saturated heterocycles. The Kier molecular flexibility index (Phi) is 3.49. The second-order valence-electron chi connectivity index (χ2n) is 6.88. The first-order valence-electron chi connectivity index (χ1n) is 8.36. The van der Waals surface area contributed by atoms with Gasteiger partial charge in [0.05, 0.1) is 16.6 Å². The number of nitrogens with one attached hydrogen (secondary N) is 1. The Labute approximate surface area is 139 Å². The quantitative estimate of drug-likeness (QED) is 0.789. The number of likely N-dealkylation sites (N-methyl/N-ethyl adjacent to an activating group) is 1. The fraction of sp³-hybridized carbons (Fsp3) is 0.529. The van der Waals surface area contributed by atoms with Gasteiger partial charge in [-0.1, -0.05) is 0 Å². The van der Waals surface area contributed by atoms with Gasteiger partial charge in [-0.15, -0.1) is 0 Å². The van der Waals surface area contributed by atoms with Gasteiger partial charge in [0, 0.05) is 39.3 Å². The molecule has 1 atom stereocenters. The van der Waals surface area contributed by atoms with Crippen LogP contribution in [0.1, 0.15) is 12.0 Å². The first-order valence-corrected chi connectivity index (χ1v) is 8.36. The van der Waals surface area contributed by atoms with Gasteiger partial charge in [0.15, 0.2) is 0 Å². The third-order valence-corrected chi connectivity index (χ3v) is 5.24. The molecular weight excluding hydrogens is 309 g/mol. The fourth-order valence-electron chi connectivity index (χ4n) is 3.87. The smallest absolute Gasteiger partial charge is 0.349 e. The number of benzene rings is 1. The lowest BCUT2D eigenvalue weighted by Gasteiger charge is -2.42. The number of aryl methyl sites for hydroxylation is 2. The number of hydrogen-bond donors (Lipinski definition) is 1. The summed E-state index contributed by atoms with van der Waals surface area (Å²) < 4.78 is 16.3. The van der Waals surface area contributed by atoms with Crippen LogP contribution in [-0.2, 0) is 7.05 Å². The van der Waals surface area contributed by atoms with E-state index in [0.29, 0.717) is 23.6 Å². The Hall–Kier alpha value is -2.15. The predicted octanol–water partition coefficient (Wildman–Crippen LogP) is 1.32. The third-order valence-electron chi connectivity index (χ3n) is 5.24. The van der Waals surface area contributed by atoms with E-state index in [-0.39, 0.29) is 17.5 Å². The molecule has 1 aromatic carbocycles. The molecule has 1 fully saturated rings. The van der Waals surface area contributed by atoms with E-state index in [1.54, 1.807) is 20.0 Å². The maximum Gasteiger partial charge on any atom is 0.349 e. The number of anilines is 2. The molecule has 1 aromatic heterocycles. The van der Waals surface area contributed by atoms with Gasteiger partial charge in [0.2, 0.25) is 0 Å². The topological polar surface area (TPSA) is 53.4 Å². The second kappa shape index (κ2) is 5.44. The summed E-state index contributed by atoms with van der Waals surface area (Å²) >= 11 is 0. The van der Waals surface area contributed by atoms with Gasteiger partial charge in [0.25, 0.3) is 0 Å². The van der Waals surface area contributed by atoms with Crippen LogP contribution in [0.4, 0.5) is 15.9 Å². The van der Waals surface area contributed by atoms with Crippen LogP contribution in [0.3, 0.4) is 0 Å². The van der Waals surface area contributed by atoms with Crippen molar-refractivity contribution >= 4 is 22.4 Å². The maximum absolute atomic E-state index is 14.8. The van der Waals surface area contributed by atoms with E-state index in [1.165, 1.54) is 4.57 Å². The van der Waals surface area contributed by atoms with Gasteiger partial charge in [0.1, 0.15) is 11.6 Å². The molecule has 0 saturated carbocycles. The molecule has 0 radical (unpaired) electrons. The van der Waals surface area contributed by atoms with Crippen molar-refractivity contribution in [2.24, 2.45) is 7.05 Å². The van der Waals surface area contributed by atoms with Gasteiger partial charge in [-0.25, -0.2) is 9.18 Å². The molecule has 1 N–H and O–H groups in total. The molecule has 3 heterocycles. The fourth-order valence-corrected chi connectivity index (χ4v) is 3.87. The molecule has 0 aliphatic carbocycles. The number of aromatic nitrogens is 2. The lowest BCUT2D eigenvalue weighted by molar-refractivity contribution is 0.261. The molecule has 0 amide bonds. The molecule has 4 rings (SSSR count). The summed E-state index contributed by atoms with van der Waals surface area (Å²) in [5.74, 6) is 0.365. The maximum atomic E-state index is 14.8. The van der Waals surface area contributed by atoms with Crippen LogP contribution < -0.4 is 15.9 Å². The normalized spacial score (nSPS) is 21.2. The molecule has 0 bridgehead atoms. The van der Waals surface area contributed by atoms with Crippen LogP contribution in [0.15, 0.2) is 10.9 Å². The van der Waals surface area contributed by atoms with Gasteiger partial charge in [-0.2, -0.15) is 4.98 Å². The summed E-state index contributed by atoms with van der Waals surface area (Å²) in [4.78, 5) is 21.2. The van der Waals surface area contributed by atoms with E-state index >= 15 is 0 Å².